The standard InChI is InChI=1S/C17H28N2.C7H6F2/c1-2-6-15-9-12-19-17(13-15)10-11-18-14-16-7-4-3-5-8-16;1-5-2-6(8)4-7(9)3-5/h3-5,7-8,15,17-19H,2,6,9-14H2,1H3;2-4H,1H3. The van der Waals surface area contributed by atoms with Crippen LogP contribution in [0.25, 0.3) is 0 Å². The van der Waals surface area contributed by atoms with E-state index in [9.17, 15) is 8.78 Å². The molecular weight excluding hydrogens is 354 g/mol. The number of nitrogens with one attached hydrogen (secondary N) is 2. The Morgan fingerprint density at radius 3 is 2.39 bits per heavy atom. The van der Waals surface area contributed by atoms with E-state index >= 15 is 0 Å². The fourth-order valence-electron chi connectivity index (χ4n) is 3.78. The van der Waals surface area contributed by atoms with Gasteiger partial charge in [0.05, 0.1) is 0 Å². The molecule has 4 heteroatoms. The minimum atomic E-state index is -0.521. The van der Waals surface area contributed by atoms with Gasteiger partial charge in [0.1, 0.15) is 11.6 Å². The van der Waals surface area contributed by atoms with Crippen molar-refractivity contribution >= 4 is 0 Å². The maximum Gasteiger partial charge on any atom is 0.126 e. The third-order valence-corrected chi connectivity index (χ3v) is 5.15. The van der Waals surface area contributed by atoms with Gasteiger partial charge in [0, 0.05) is 18.7 Å². The van der Waals surface area contributed by atoms with Crippen LogP contribution in [-0.4, -0.2) is 19.1 Å². The molecule has 0 bridgehead atoms. The van der Waals surface area contributed by atoms with Crippen molar-refractivity contribution < 1.29 is 8.78 Å². The van der Waals surface area contributed by atoms with Crippen LogP contribution in [0.4, 0.5) is 8.78 Å². The van der Waals surface area contributed by atoms with Crippen LogP contribution in [0.15, 0.2) is 48.5 Å². The summed E-state index contributed by atoms with van der Waals surface area (Å²) in [5.74, 6) is -0.0784. The maximum absolute atomic E-state index is 12.2. The molecule has 1 saturated heterocycles. The Morgan fingerprint density at radius 2 is 1.75 bits per heavy atom. The molecule has 2 atom stereocenters. The smallest absolute Gasteiger partial charge is 0.126 e. The van der Waals surface area contributed by atoms with E-state index in [1.807, 2.05) is 0 Å². The molecular formula is C24H34F2N2. The average Bonchev–Trinajstić information content (AvgIpc) is 2.66. The highest BCUT2D eigenvalue weighted by Gasteiger charge is 2.20. The summed E-state index contributed by atoms with van der Waals surface area (Å²) in [6.45, 7) is 7.27. The first-order chi connectivity index (χ1) is 13.6. The molecule has 2 nitrogen and oxygen atoms in total. The van der Waals surface area contributed by atoms with Crippen molar-refractivity contribution in [3.63, 3.8) is 0 Å². The van der Waals surface area contributed by atoms with Gasteiger partial charge in [0.2, 0.25) is 0 Å². The zero-order valence-electron chi connectivity index (χ0n) is 17.2. The normalized spacial score (nSPS) is 19.0. The van der Waals surface area contributed by atoms with E-state index in [4.69, 9.17) is 0 Å². The lowest BCUT2D eigenvalue weighted by Gasteiger charge is -2.30. The predicted octanol–water partition coefficient (Wildman–Crippen LogP) is 5.61. The Labute approximate surface area is 168 Å². The second kappa shape index (κ2) is 12.6. The fraction of sp³-hybridized carbons (Fsp3) is 0.500. The number of hydrogen-bond acceptors (Lipinski definition) is 2. The number of hydrogen-bond donors (Lipinski definition) is 2. The van der Waals surface area contributed by atoms with E-state index in [2.05, 4.69) is 47.9 Å². The number of rotatable bonds is 7. The summed E-state index contributed by atoms with van der Waals surface area (Å²) >= 11 is 0. The van der Waals surface area contributed by atoms with Crippen LogP contribution in [0.3, 0.4) is 0 Å². The van der Waals surface area contributed by atoms with Gasteiger partial charge in [-0.1, -0.05) is 50.1 Å². The third-order valence-electron chi connectivity index (χ3n) is 5.15. The summed E-state index contributed by atoms with van der Waals surface area (Å²) in [5.41, 5.74) is 1.98. The van der Waals surface area contributed by atoms with Gasteiger partial charge < -0.3 is 10.6 Å². The molecule has 0 amide bonds. The summed E-state index contributed by atoms with van der Waals surface area (Å²) in [5, 5.41) is 7.22. The van der Waals surface area contributed by atoms with E-state index in [1.165, 1.54) is 56.3 Å². The van der Waals surface area contributed by atoms with E-state index in [0.29, 0.717) is 5.56 Å². The van der Waals surface area contributed by atoms with Crippen LogP contribution in [0.2, 0.25) is 0 Å². The second-order valence-electron chi connectivity index (χ2n) is 7.73. The summed E-state index contributed by atoms with van der Waals surface area (Å²) in [6.07, 6.45) is 6.76. The molecule has 0 saturated carbocycles. The van der Waals surface area contributed by atoms with Crippen molar-refractivity contribution in [2.75, 3.05) is 13.1 Å². The molecule has 0 radical (unpaired) electrons. The van der Waals surface area contributed by atoms with Gasteiger partial charge in [-0.15, -0.1) is 0 Å². The Hall–Kier alpha value is -1.78. The highest BCUT2D eigenvalue weighted by Crippen LogP contribution is 2.22. The quantitative estimate of drug-likeness (QED) is 0.603. The van der Waals surface area contributed by atoms with Crippen LogP contribution < -0.4 is 10.6 Å². The minimum Gasteiger partial charge on any atom is -0.314 e. The van der Waals surface area contributed by atoms with Crippen LogP contribution in [0, 0.1) is 24.5 Å². The van der Waals surface area contributed by atoms with Crippen molar-refractivity contribution in [3.8, 4) is 0 Å². The Bertz CT molecular complexity index is 623. The Kier molecular flexibility index (Phi) is 10.2. The predicted molar refractivity (Wildman–Crippen MR) is 113 cm³/mol. The zero-order chi connectivity index (χ0) is 20.2. The molecule has 2 N–H and O–H groups in total. The minimum absolute atomic E-state index is 0.521. The largest absolute Gasteiger partial charge is 0.314 e. The topological polar surface area (TPSA) is 24.1 Å². The summed E-state index contributed by atoms with van der Waals surface area (Å²) in [6, 6.07) is 14.8. The van der Waals surface area contributed by atoms with Gasteiger partial charge in [-0.05, 0) is 68.5 Å². The van der Waals surface area contributed by atoms with Crippen molar-refractivity contribution in [1.29, 1.82) is 0 Å². The first kappa shape index (κ1) is 22.5. The van der Waals surface area contributed by atoms with Crippen LogP contribution in [-0.2, 0) is 6.54 Å². The van der Waals surface area contributed by atoms with Crippen molar-refractivity contribution in [3.05, 3.63) is 71.3 Å². The number of piperidine rings is 1. The highest BCUT2D eigenvalue weighted by molar-refractivity contribution is 5.15. The molecule has 2 unspecified atom stereocenters. The Morgan fingerprint density at radius 1 is 1.04 bits per heavy atom. The number of halogens is 2. The summed E-state index contributed by atoms with van der Waals surface area (Å²) < 4.78 is 24.4. The van der Waals surface area contributed by atoms with E-state index in [0.717, 1.165) is 31.1 Å². The molecule has 0 aromatic heterocycles. The lowest BCUT2D eigenvalue weighted by atomic mass is 9.88. The maximum atomic E-state index is 12.2. The molecule has 1 aliphatic heterocycles. The molecule has 1 aliphatic rings. The molecule has 1 heterocycles. The van der Waals surface area contributed by atoms with Gasteiger partial charge in [-0.2, -0.15) is 0 Å². The summed E-state index contributed by atoms with van der Waals surface area (Å²) in [7, 11) is 0. The van der Waals surface area contributed by atoms with Gasteiger partial charge >= 0.3 is 0 Å². The van der Waals surface area contributed by atoms with Gasteiger partial charge in [-0.3, -0.25) is 0 Å². The Balaban J connectivity index is 0.000000261. The zero-order valence-corrected chi connectivity index (χ0v) is 17.2. The lowest BCUT2D eigenvalue weighted by Crippen LogP contribution is -2.39. The van der Waals surface area contributed by atoms with Crippen LogP contribution in [0.1, 0.15) is 50.2 Å². The highest BCUT2D eigenvalue weighted by atomic mass is 19.1. The van der Waals surface area contributed by atoms with Crippen LogP contribution >= 0.6 is 0 Å². The fourth-order valence-corrected chi connectivity index (χ4v) is 3.78. The van der Waals surface area contributed by atoms with E-state index < -0.39 is 11.6 Å². The first-order valence-electron chi connectivity index (χ1n) is 10.5. The summed E-state index contributed by atoms with van der Waals surface area (Å²) in [4.78, 5) is 0. The number of benzene rings is 2. The van der Waals surface area contributed by atoms with E-state index in [-0.39, 0.29) is 0 Å². The van der Waals surface area contributed by atoms with Crippen LogP contribution in [0.5, 0.6) is 0 Å². The van der Waals surface area contributed by atoms with Gasteiger partial charge in [0.25, 0.3) is 0 Å². The third kappa shape index (κ3) is 8.94. The SMILES string of the molecule is CCCC1CCNC(CCNCc2ccccc2)C1.Cc1cc(F)cc(F)c1. The van der Waals surface area contributed by atoms with Crippen molar-refractivity contribution in [2.24, 2.45) is 5.92 Å². The molecule has 154 valence electrons. The molecule has 1 fully saturated rings. The van der Waals surface area contributed by atoms with Crippen molar-refractivity contribution in [1.82, 2.24) is 10.6 Å². The lowest BCUT2D eigenvalue weighted by molar-refractivity contribution is 0.275. The molecule has 2 aromatic rings. The first-order valence-corrected chi connectivity index (χ1v) is 10.5. The average molecular weight is 389 g/mol. The number of aryl methyl sites for hydroxylation is 1. The molecule has 0 spiro atoms. The molecule has 3 rings (SSSR count). The molecule has 0 aliphatic carbocycles. The van der Waals surface area contributed by atoms with Gasteiger partial charge in [0.15, 0.2) is 0 Å². The van der Waals surface area contributed by atoms with Gasteiger partial charge in [-0.25, -0.2) is 8.78 Å². The monoisotopic (exact) mass is 388 g/mol. The van der Waals surface area contributed by atoms with E-state index in [1.54, 1.807) is 6.92 Å². The second-order valence-corrected chi connectivity index (χ2v) is 7.73. The van der Waals surface area contributed by atoms with Crippen molar-refractivity contribution in [2.45, 2.75) is 58.5 Å². The molecule has 28 heavy (non-hydrogen) atoms. The molecule has 2 aromatic carbocycles.